The van der Waals surface area contributed by atoms with Crippen molar-refractivity contribution in [3.63, 3.8) is 0 Å². The highest BCUT2D eigenvalue weighted by Gasteiger charge is 2.30. The Kier molecular flexibility index (Phi) is 2.53. The summed E-state index contributed by atoms with van der Waals surface area (Å²) in [6.07, 6.45) is 4.46. The zero-order valence-electron chi connectivity index (χ0n) is 9.10. The van der Waals surface area contributed by atoms with Crippen molar-refractivity contribution < 1.29 is 0 Å². The van der Waals surface area contributed by atoms with E-state index in [1.54, 1.807) is 11.3 Å². The van der Waals surface area contributed by atoms with Gasteiger partial charge in [-0.3, -0.25) is 0 Å². The summed E-state index contributed by atoms with van der Waals surface area (Å²) in [5.74, 6) is 1.12. The average Bonchev–Trinajstić information content (AvgIpc) is 3.02. The second-order valence-electron chi connectivity index (χ2n) is 4.18. The largest absolute Gasteiger partial charge is 0.352 e. The molecule has 1 saturated carbocycles. The van der Waals surface area contributed by atoms with Gasteiger partial charge in [0.2, 0.25) is 0 Å². The SMILES string of the molecule is NCCN(c1nccc2sccc12)C1CC1. The third kappa shape index (κ3) is 1.68. The normalized spacial score (nSPS) is 15.6. The number of nitrogens with zero attached hydrogens (tertiary/aromatic N) is 2. The van der Waals surface area contributed by atoms with Crippen molar-refractivity contribution in [1.29, 1.82) is 0 Å². The maximum absolute atomic E-state index is 5.68. The Morgan fingerprint density at radius 3 is 3.06 bits per heavy atom. The first-order chi connectivity index (χ1) is 7.90. The van der Waals surface area contributed by atoms with Crippen LogP contribution in [0.1, 0.15) is 12.8 Å². The molecule has 0 unspecified atom stereocenters. The molecule has 1 aliphatic rings. The Morgan fingerprint density at radius 2 is 2.31 bits per heavy atom. The predicted octanol–water partition coefficient (Wildman–Crippen LogP) is 2.22. The lowest BCUT2D eigenvalue weighted by Crippen LogP contribution is -2.32. The van der Waals surface area contributed by atoms with Crippen molar-refractivity contribution in [2.75, 3.05) is 18.0 Å². The monoisotopic (exact) mass is 233 g/mol. The fourth-order valence-corrected chi connectivity index (χ4v) is 2.87. The number of pyridine rings is 1. The van der Waals surface area contributed by atoms with Gasteiger partial charge in [0.05, 0.1) is 0 Å². The van der Waals surface area contributed by atoms with Crippen molar-refractivity contribution in [2.45, 2.75) is 18.9 Å². The van der Waals surface area contributed by atoms with Crippen molar-refractivity contribution in [3.8, 4) is 0 Å². The highest BCUT2D eigenvalue weighted by molar-refractivity contribution is 7.17. The fraction of sp³-hybridized carbons (Fsp3) is 0.417. The molecule has 1 aliphatic carbocycles. The van der Waals surface area contributed by atoms with Gasteiger partial charge in [0.1, 0.15) is 5.82 Å². The van der Waals surface area contributed by atoms with Gasteiger partial charge >= 0.3 is 0 Å². The predicted molar refractivity (Wildman–Crippen MR) is 69.0 cm³/mol. The summed E-state index contributed by atoms with van der Waals surface area (Å²) >= 11 is 1.77. The van der Waals surface area contributed by atoms with E-state index in [4.69, 9.17) is 5.73 Å². The van der Waals surface area contributed by atoms with Crippen LogP contribution in [0, 0.1) is 0 Å². The van der Waals surface area contributed by atoms with Crippen LogP contribution in [0.2, 0.25) is 0 Å². The smallest absolute Gasteiger partial charge is 0.137 e. The molecule has 0 amide bonds. The van der Waals surface area contributed by atoms with Crippen LogP contribution < -0.4 is 10.6 Å². The molecule has 2 heterocycles. The lowest BCUT2D eigenvalue weighted by Gasteiger charge is -2.23. The first-order valence-electron chi connectivity index (χ1n) is 5.69. The Balaban J connectivity index is 2.04. The van der Waals surface area contributed by atoms with Gasteiger partial charge in [-0.25, -0.2) is 4.98 Å². The molecule has 4 heteroatoms. The quantitative estimate of drug-likeness (QED) is 0.880. The summed E-state index contributed by atoms with van der Waals surface area (Å²) in [5.41, 5.74) is 5.68. The molecule has 0 atom stereocenters. The topological polar surface area (TPSA) is 42.1 Å². The maximum Gasteiger partial charge on any atom is 0.137 e. The molecular formula is C12H15N3S. The molecule has 3 rings (SSSR count). The van der Waals surface area contributed by atoms with Crippen molar-refractivity contribution >= 4 is 27.2 Å². The van der Waals surface area contributed by atoms with Crippen LogP contribution >= 0.6 is 11.3 Å². The van der Waals surface area contributed by atoms with Gasteiger partial charge in [-0.05, 0) is 30.4 Å². The Morgan fingerprint density at radius 1 is 1.44 bits per heavy atom. The van der Waals surface area contributed by atoms with E-state index in [-0.39, 0.29) is 0 Å². The third-order valence-corrected chi connectivity index (χ3v) is 3.87. The summed E-state index contributed by atoms with van der Waals surface area (Å²) < 4.78 is 1.31. The number of thiophene rings is 1. The third-order valence-electron chi connectivity index (χ3n) is 2.99. The van der Waals surface area contributed by atoms with Gasteiger partial charge in [-0.1, -0.05) is 0 Å². The molecule has 16 heavy (non-hydrogen) atoms. The molecule has 2 aromatic rings. The first-order valence-corrected chi connectivity index (χ1v) is 6.57. The second kappa shape index (κ2) is 4.03. The van der Waals surface area contributed by atoms with E-state index >= 15 is 0 Å². The summed E-state index contributed by atoms with van der Waals surface area (Å²) in [4.78, 5) is 6.91. The fourth-order valence-electron chi connectivity index (χ4n) is 2.10. The first kappa shape index (κ1) is 10.1. The lowest BCUT2D eigenvalue weighted by atomic mass is 10.3. The van der Waals surface area contributed by atoms with Crippen LogP contribution in [-0.2, 0) is 0 Å². The number of rotatable bonds is 4. The summed E-state index contributed by atoms with van der Waals surface area (Å²) in [6.45, 7) is 1.60. The minimum atomic E-state index is 0.668. The molecule has 0 spiro atoms. The van der Waals surface area contributed by atoms with E-state index in [1.807, 2.05) is 6.20 Å². The molecule has 2 aromatic heterocycles. The zero-order chi connectivity index (χ0) is 11.0. The van der Waals surface area contributed by atoms with Crippen LogP contribution in [-0.4, -0.2) is 24.1 Å². The number of anilines is 1. The van der Waals surface area contributed by atoms with Gasteiger partial charge in [-0.2, -0.15) is 0 Å². The van der Waals surface area contributed by atoms with Crippen molar-refractivity contribution in [2.24, 2.45) is 5.73 Å². The van der Waals surface area contributed by atoms with Crippen LogP contribution in [0.15, 0.2) is 23.7 Å². The van der Waals surface area contributed by atoms with Gasteiger partial charge < -0.3 is 10.6 Å². The number of hydrogen-bond acceptors (Lipinski definition) is 4. The van der Waals surface area contributed by atoms with E-state index in [0.717, 1.165) is 12.4 Å². The molecule has 2 N–H and O–H groups in total. The molecule has 0 bridgehead atoms. The standard InChI is InChI=1S/C12H15N3S/c13-5-7-15(9-1-2-9)12-10-4-8-16-11(10)3-6-14-12/h3-4,6,8-9H,1-2,5,7,13H2. The van der Waals surface area contributed by atoms with Gasteiger partial charge in [0.25, 0.3) is 0 Å². The Bertz CT molecular complexity index is 490. The molecule has 0 saturated heterocycles. The van der Waals surface area contributed by atoms with Gasteiger partial charge in [-0.15, -0.1) is 11.3 Å². The highest BCUT2D eigenvalue weighted by atomic mass is 32.1. The van der Waals surface area contributed by atoms with Crippen molar-refractivity contribution in [1.82, 2.24) is 4.98 Å². The number of nitrogens with two attached hydrogens (primary N) is 1. The van der Waals surface area contributed by atoms with E-state index < -0.39 is 0 Å². The minimum absolute atomic E-state index is 0.668. The minimum Gasteiger partial charge on any atom is -0.352 e. The van der Waals surface area contributed by atoms with Crippen LogP contribution in [0.5, 0.6) is 0 Å². The van der Waals surface area contributed by atoms with Crippen LogP contribution in [0.3, 0.4) is 0 Å². The molecule has 84 valence electrons. The van der Waals surface area contributed by atoms with E-state index in [0.29, 0.717) is 12.6 Å². The number of aromatic nitrogens is 1. The Hall–Kier alpha value is -1.13. The van der Waals surface area contributed by atoms with Crippen molar-refractivity contribution in [3.05, 3.63) is 23.7 Å². The molecular weight excluding hydrogens is 218 g/mol. The Labute approximate surface area is 98.9 Å². The summed E-state index contributed by atoms with van der Waals surface area (Å²) in [7, 11) is 0. The number of fused-ring (bicyclic) bond motifs is 1. The van der Waals surface area contributed by atoms with E-state index in [9.17, 15) is 0 Å². The number of hydrogen-bond donors (Lipinski definition) is 1. The van der Waals surface area contributed by atoms with Gasteiger partial charge in [0.15, 0.2) is 0 Å². The summed E-state index contributed by atoms with van der Waals surface area (Å²) in [5, 5.41) is 3.40. The highest BCUT2D eigenvalue weighted by Crippen LogP contribution is 2.35. The second-order valence-corrected chi connectivity index (χ2v) is 5.13. The molecule has 1 fully saturated rings. The molecule has 3 nitrogen and oxygen atoms in total. The lowest BCUT2D eigenvalue weighted by molar-refractivity contribution is 0.775. The van der Waals surface area contributed by atoms with Crippen LogP contribution in [0.4, 0.5) is 5.82 Å². The van der Waals surface area contributed by atoms with E-state index in [2.05, 4.69) is 27.4 Å². The van der Waals surface area contributed by atoms with Gasteiger partial charge in [0, 0.05) is 35.4 Å². The summed E-state index contributed by atoms with van der Waals surface area (Å²) in [6, 6.07) is 4.91. The zero-order valence-corrected chi connectivity index (χ0v) is 9.91. The molecule has 0 radical (unpaired) electrons. The maximum atomic E-state index is 5.68. The van der Waals surface area contributed by atoms with Crippen LogP contribution in [0.25, 0.3) is 10.1 Å². The molecule has 0 aromatic carbocycles. The average molecular weight is 233 g/mol. The van der Waals surface area contributed by atoms with E-state index in [1.165, 1.54) is 22.9 Å². The molecule has 0 aliphatic heterocycles.